The van der Waals surface area contributed by atoms with Crippen molar-refractivity contribution in [2.24, 2.45) is 0 Å². The maximum Gasteiger partial charge on any atom is 0.115 e. The number of phenolic OH excluding ortho intramolecular Hbond substituents is 2. The number of hydrogen-bond acceptors (Lipinski definition) is 2. The van der Waals surface area contributed by atoms with Gasteiger partial charge in [0.05, 0.1) is 0 Å². The molecule has 2 N–H and O–H groups in total. The molecule has 0 aliphatic carbocycles. The van der Waals surface area contributed by atoms with Crippen molar-refractivity contribution >= 4 is 0 Å². The van der Waals surface area contributed by atoms with Crippen LogP contribution in [0.15, 0.2) is 48.5 Å². The van der Waals surface area contributed by atoms with Crippen molar-refractivity contribution in [3.05, 3.63) is 59.7 Å². The number of aryl methyl sites for hydroxylation is 1. The second-order valence-electron chi connectivity index (χ2n) is 6.57. The van der Waals surface area contributed by atoms with Crippen LogP contribution >= 0.6 is 0 Å². The zero-order chi connectivity index (χ0) is 16.6. The molecule has 0 bridgehead atoms. The van der Waals surface area contributed by atoms with Gasteiger partial charge < -0.3 is 10.2 Å². The van der Waals surface area contributed by atoms with Crippen molar-refractivity contribution in [2.75, 3.05) is 0 Å². The summed E-state index contributed by atoms with van der Waals surface area (Å²) in [6.07, 6.45) is 3.57. The summed E-state index contributed by atoms with van der Waals surface area (Å²) in [5, 5.41) is 18.0. The predicted octanol–water partition coefficient (Wildman–Crippen LogP) is 5.42. The molecular formula is C20H28O2. The molecule has 2 heteroatoms. The average molecular weight is 300 g/mol. The standard InChI is InChI=1S/2C10H14O/c1-10(2,3)8-4-6-9(11)7-5-8;1-2-3-4-9-5-7-10(11)8-6-9/h4-7,11H,1-3H3;5-8,11H,2-4H2,1H3. The van der Waals surface area contributed by atoms with Gasteiger partial charge in [-0.3, -0.25) is 0 Å². The first-order chi connectivity index (χ1) is 10.3. The smallest absolute Gasteiger partial charge is 0.115 e. The van der Waals surface area contributed by atoms with Crippen molar-refractivity contribution < 1.29 is 10.2 Å². The first-order valence-electron chi connectivity index (χ1n) is 7.90. The molecule has 0 radical (unpaired) electrons. The van der Waals surface area contributed by atoms with E-state index < -0.39 is 0 Å². The van der Waals surface area contributed by atoms with Gasteiger partial charge in [0.2, 0.25) is 0 Å². The molecule has 0 heterocycles. The van der Waals surface area contributed by atoms with E-state index in [-0.39, 0.29) is 5.41 Å². The molecule has 0 fully saturated rings. The van der Waals surface area contributed by atoms with Gasteiger partial charge in [0.15, 0.2) is 0 Å². The highest BCUT2D eigenvalue weighted by molar-refractivity contribution is 5.30. The summed E-state index contributed by atoms with van der Waals surface area (Å²) in [5.74, 6) is 0.684. The van der Waals surface area contributed by atoms with E-state index in [0.29, 0.717) is 11.5 Å². The molecular weight excluding hydrogens is 272 g/mol. The Hall–Kier alpha value is -1.96. The van der Waals surface area contributed by atoms with Gasteiger partial charge in [-0.2, -0.15) is 0 Å². The van der Waals surface area contributed by atoms with Crippen LogP contribution in [0.5, 0.6) is 11.5 Å². The number of hydrogen-bond donors (Lipinski definition) is 2. The lowest BCUT2D eigenvalue weighted by Crippen LogP contribution is -2.10. The second-order valence-corrected chi connectivity index (χ2v) is 6.57. The van der Waals surface area contributed by atoms with E-state index in [1.165, 1.54) is 24.0 Å². The van der Waals surface area contributed by atoms with E-state index in [4.69, 9.17) is 10.2 Å². The van der Waals surface area contributed by atoms with E-state index in [1.54, 1.807) is 24.3 Å². The van der Waals surface area contributed by atoms with Crippen LogP contribution < -0.4 is 0 Å². The van der Waals surface area contributed by atoms with Crippen molar-refractivity contribution in [2.45, 2.75) is 52.4 Å². The minimum Gasteiger partial charge on any atom is -0.508 e. The fraction of sp³-hybridized carbons (Fsp3) is 0.400. The number of benzene rings is 2. The SMILES string of the molecule is CC(C)(C)c1ccc(O)cc1.CCCCc1ccc(O)cc1. The van der Waals surface area contributed by atoms with Crippen LogP contribution in [0.2, 0.25) is 0 Å². The van der Waals surface area contributed by atoms with Gasteiger partial charge in [-0.15, -0.1) is 0 Å². The largest absolute Gasteiger partial charge is 0.508 e. The predicted molar refractivity (Wildman–Crippen MR) is 93.5 cm³/mol. The van der Waals surface area contributed by atoms with Gasteiger partial charge in [0.25, 0.3) is 0 Å². The summed E-state index contributed by atoms with van der Waals surface area (Å²) in [7, 11) is 0. The molecule has 0 spiro atoms. The maximum absolute atomic E-state index is 9.02. The first-order valence-corrected chi connectivity index (χ1v) is 7.90. The van der Waals surface area contributed by atoms with E-state index in [1.807, 2.05) is 24.3 Å². The Kier molecular flexibility index (Phi) is 6.97. The zero-order valence-electron chi connectivity index (χ0n) is 14.1. The lowest BCUT2D eigenvalue weighted by Gasteiger charge is -2.18. The van der Waals surface area contributed by atoms with Crippen LogP contribution in [0.1, 0.15) is 51.7 Å². The first kappa shape index (κ1) is 18.1. The lowest BCUT2D eigenvalue weighted by molar-refractivity contribution is 0.474. The summed E-state index contributed by atoms with van der Waals surface area (Å²) in [5.41, 5.74) is 2.73. The van der Waals surface area contributed by atoms with Gasteiger partial charge in [-0.25, -0.2) is 0 Å². The molecule has 0 atom stereocenters. The Morgan fingerprint density at radius 2 is 1.23 bits per heavy atom. The number of aromatic hydroxyl groups is 2. The minimum absolute atomic E-state index is 0.174. The van der Waals surface area contributed by atoms with Crippen LogP contribution in [-0.2, 0) is 11.8 Å². The molecule has 0 amide bonds. The molecule has 2 rings (SSSR count). The van der Waals surface area contributed by atoms with Gasteiger partial charge in [0.1, 0.15) is 11.5 Å². The van der Waals surface area contributed by atoms with Gasteiger partial charge in [-0.05, 0) is 53.6 Å². The molecule has 2 aromatic carbocycles. The molecule has 22 heavy (non-hydrogen) atoms. The van der Waals surface area contributed by atoms with Gasteiger partial charge >= 0.3 is 0 Å². The Morgan fingerprint density at radius 1 is 0.773 bits per heavy atom. The van der Waals surface area contributed by atoms with Crippen molar-refractivity contribution in [3.8, 4) is 11.5 Å². The normalized spacial score (nSPS) is 10.7. The van der Waals surface area contributed by atoms with Crippen LogP contribution in [0.4, 0.5) is 0 Å². The summed E-state index contributed by atoms with van der Waals surface area (Å²) >= 11 is 0. The van der Waals surface area contributed by atoms with Crippen LogP contribution in [-0.4, -0.2) is 10.2 Å². The molecule has 0 saturated carbocycles. The third kappa shape index (κ3) is 6.66. The van der Waals surface area contributed by atoms with Crippen LogP contribution in [0.25, 0.3) is 0 Å². The van der Waals surface area contributed by atoms with Crippen molar-refractivity contribution in [1.82, 2.24) is 0 Å². The van der Waals surface area contributed by atoms with Crippen LogP contribution in [0, 0.1) is 0 Å². The fourth-order valence-electron chi connectivity index (χ4n) is 2.00. The van der Waals surface area contributed by atoms with Gasteiger partial charge in [-0.1, -0.05) is 58.4 Å². The molecule has 120 valence electrons. The Labute approximate surface area is 134 Å². The Morgan fingerprint density at radius 3 is 1.64 bits per heavy atom. The molecule has 2 nitrogen and oxygen atoms in total. The quantitative estimate of drug-likeness (QED) is 0.794. The maximum atomic E-state index is 9.02. The average Bonchev–Trinajstić information content (AvgIpc) is 2.47. The highest BCUT2D eigenvalue weighted by Gasteiger charge is 2.12. The molecule has 0 unspecified atom stereocenters. The summed E-state index contributed by atoms with van der Waals surface area (Å²) in [6, 6.07) is 14.8. The summed E-state index contributed by atoms with van der Waals surface area (Å²) in [6.45, 7) is 8.64. The number of unbranched alkanes of at least 4 members (excludes halogenated alkanes) is 1. The second kappa shape index (κ2) is 8.47. The van der Waals surface area contributed by atoms with E-state index >= 15 is 0 Å². The topological polar surface area (TPSA) is 40.5 Å². The van der Waals surface area contributed by atoms with E-state index in [9.17, 15) is 0 Å². The lowest BCUT2D eigenvalue weighted by atomic mass is 9.87. The number of rotatable bonds is 3. The van der Waals surface area contributed by atoms with E-state index in [2.05, 4.69) is 27.7 Å². The van der Waals surface area contributed by atoms with E-state index in [0.717, 1.165) is 6.42 Å². The highest BCUT2D eigenvalue weighted by atomic mass is 16.3. The Balaban J connectivity index is 0.000000220. The fourth-order valence-corrected chi connectivity index (χ4v) is 2.00. The third-order valence-corrected chi connectivity index (χ3v) is 3.49. The summed E-state index contributed by atoms with van der Waals surface area (Å²) in [4.78, 5) is 0. The van der Waals surface area contributed by atoms with Crippen molar-refractivity contribution in [3.63, 3.8) is 0 Å². The zero-order valence-corrected chi connectivity index (χ0v) is 14.1. The molecule has 0 aliphatic heterocycles. The van der Waals surface area contributed by atoms with Gasteiger partial charge in [0, 0.05) is 0 Å². The number of phenols is 2. The molecule has 0 aromatic heterocycles. The minimum atomic E-state index is 0.174. The Bertz CT molecular complexity index is 533. The van der Waals surface area contributed by atoms with Crippen LogP contribution in [0.3, 0.4) is 0 Å². The highest BCUT2D eigenvalue weighted by Crippen LogP contribution is 2.23. The monoisotopic (exact) mass is 300 g/mol. The molecule has 0 saturated heterocycles. The summed E-state index contributed by atoms with van der Waals surface area (Å²) < 4.78 is 0. The third-order valence-electron chi connectivity index (χ3n) is 3.49. The molecule has 0 aliphatic rings. The van der Waals surface area contributed by atoms with Crippen molar-refractivity contribution in [1.29, 1.82) is 0 Å². The molecule has 2 aromatic rings.